The fourth-order valence-corrected chi connectivity index (χ4v) is 5.48. The van der Waals surface area contributed by atoms with Crippen LogP contribution in [0.3, 0.4) is 0 Å². The van der Waals surface area contributed by atoms with Crippen molar-refractivity contribution in [2.45, 2.75) is 59.3 Å². The maximum Gasteiger partial charge on any atom is 0.0780 e. The van der Waals surface area contributed by atoms with E-state index in [9.17, 15) is 0 Å². The molecule has 1 heterocycles. The van der Waals surface area contributed by atoms with Gasteiger partial charge >= 0.3 is 0 Å². The third kappa shape index (κ3) is 3.97. The first kappa shape index (κ1) is 20.9. The average molecular weight is 420 g/mol. The molecule has 0 unspecified atom stereocenters. The fourth-order valence-electron chi connectivity index (χ4n) is 5.48. The summed E-state index contributed by atoms with van der Waals surface area (Å²) in [7, 11) is 0. The van der Waals surface area contributed by atoms with Gasteiger partial charge in [-0.3, -0.25) is 4.98 Å². The smallest absolute Gasteiger partial charge is 0.0780 e. The van der Waals surface area contributed by atoms with Crippen LogP contribution in [0.15, 0.2) is 72.9 Å². The molecule has 1 nitrogen and oxygen atoms in total. The Morgan fingerprint density at radius 3 is 2.12 bits per heavy atom. The maximum absolute atomic E-state index is 4.78. The zero-order valence-corrected chi connectivity index (χ0v) is 19.8. The van der Waals surface area contributed by atoms with E-state index in [1.165, 1.54) is 69.8 Å². The second-order valence-electron chi connectivity index (χ2n) is 10.4. The van der Waals surface area contributed by atoms with Crippen molar-refractivity contribution >= 4 is 10.8 Å². The van der Waals surface area contributed by atoms with Crippen LogP contribution < -0.4 is 0 Å². The van der Waals surface area contributed by atoms with Gasteiger partial charge in [0.2, 0.25) is 0 Å². The van der Waals surface area contributed by atoms with E-state index in [1.54, 1.807) is 0 Å². The highest BCUT2D eigenvalue weighted by Crippen LogP contribution is 2.43. The lowest BCUT2D eigenvalue weighted by Gasteiger charge is -2.34. The number of aromatic nitrogens is 1. The summed E-state index contributed by atoms with van der Waals surface area (Å²) in [6.45, 7) is 9.20. The fraction of sp³-hybridized carbons (Fsp3) is 0.323. The van der Waals surface area contributed by atoms with Gasteiger partial charge in [-0.05, 0) is 90.1 Å². The molecule has 1 fully saturated rings. The number of nitrogens with zero attached hydrogens (tertiary/aromatic N) is 1. The Labute approximate surface area is 192 Å². The SMILES string of the molecule is Cc1cccc(C)c1-c1ccc(-c2nccc3cc(C4CCC(C)(C)CC4)ccc23)cc1. The van der Waals surface area contributed by atoms with Crippen LogP contribution in [0.25, 0.3) is 33.2 Å². The minimum absolute atomic E-state index is 0.507. The molecule has 0 saturated heterocycles. The van der Waals surface area contributed by atoms with Gasteiger partial charge in [0.25, 0.3) is 0 Å². The molecule has 5 rings (SSSR count). The second kappa shape index (κ2) is 8.20. The summed E-state index contributed by atoms with van der Waals surface area (Å²) in [6.07, 6.45) is 7.21. The zero-order valence-electron chi connectivity index (χ0n) is 19.8. The van der Waals surface area contributed by atoms with Crippen LogP contribution in [0.5, 0.6) is 0 Å². The number of hydrogen-bond acceptors (Lipinski definition) is 1. The Balaban J connectivity index is 1.47. The topological polar surface area (TPSA) is 12.9 Å². The number of aryl methyl sites for hydroxylation is 2. The standard InChI is InChI=1S/C31H33N/c1-21-6-5-7-22(2)29(21)24-8-10-25(11-9-24)30-28-13-12-26(20-27(28)16-19-32-30)23-14-17-31(3,4)18-15-23/h5-13,16,19-20,23H,14-15,17-18H2,1-4H3. The Morgan fingerprint density at radius 2 is 1.44 bits per heavy atom. The summed E-state index contributed by atoms with van der Waals surface area (Å²) >= 11 is 0. The molecular formula is C31H33N. The lowest BCUT2D eigenvalue weighted by atomic mass is 9.71. The van der Waals surface area contributed by atoms with Gasteiger partial charge in [-0.25, -0.2) is 0 Å². The summed E-state index contributed by atoms with van der Waals surface area (Å²) < 4.78 is 0. The highest BCUT2D eigenvalue weighted by atomic mass is 14.7. The first-order chi connectivity index (χ1) is 15.4. The molecule has 162 valence electrons. The van der Waals surface area contributed by atoms with Crippen molar-refractivity contribution in [2.75, 3.05) is 0 Å². The molecule has 1 aliphatic rings. The minimum atomic E-state index is 0.507. The minimum Gasteiger partial charge on any atom is -0.256 e. The van der Waals surface area contributed by atoms with Crippen molar-refractivity contribution in [1.82, 2.24) is 4.98 Å². The average Bonchev–Trinajstić information content (AvgIpc) is 2.79. The van der Waals surface area contributed by atoms with E-state index < -0.39 is 0 Å². The van der Waals surface area contributed by atoms with Gasteiger partial charge in [-0.15, -0.1) is 0 Å². The molecule has 1 aromatic heterocycles. The van der Waals surface area contributed by atoms with E-state index in [1.807, 2.05) is 6.20 Å². The normalized spacial score (nSPS) is 16.4. The predicted molar refractivity (Wildman–Crippen MR) is 137 cm³/mol. The second-order valence-corrected chi connectivity index (χ2v) is 10.4. The molecule has 1 aliphatic carbocycles. The Kier molecular flexibility index (Phi) is 5.37. The number of pyridine rings is 1. The highest BCUT2D eigenvalue weighted by Gasteiger charge is 2.27. The molecule has 0 amide bonds. The largest absolute Gasteiger partial charge is 0.256 e. The molecule has 1 saturated carbocycles. The van der Waals surface area contributed by atoms with Crippen LogP contribution in [0.1, 0.15) is 62.1 Å². The third-order valence-electron chi connectivity index (χ3n) is 7.53. The van der Waals surface area contributed by atoms with Gasteiger partial charge in [0, 0.05) is 17.1 Å². The van der Waals surface area contributed by atoms with E-state index in [-0.39, 0.29) is 0 Å². The number of rotatable bonds is 3. The molecule has 0 bridgehead atoms. The third-order valence-corrected chi connectivity index (χ3v) is 7.53. The van der Waals surface area contributed by atoms with Crippen molar-refractivity contribution in [3.8, 4) is 22.4 Å². The molecule has 32 heavy (non-hydrogen) atoms. The summed E-state index contributed by atoms with van der Waals surface area (Å²) in [6, 6.07) is 24.7. The first-order valence-corrected chi connectivity index (χ1v) is 12.0. The van der Waals surface area contributed by atoms with E-state index in [2.05, 4.69) is 94.4 Å². The Hall–Kier alpha value is -2.93. The summed E-state index contributed by atoms with van der Waals surface area (Å²) in [4.78, 5) is 4.78. The highest BCUT2D eigenvalue weighted by molar-refractivity contribution is 5.95. The molecule has 3 aromatic carbocycles. The lowest BCUT2D eigenvalue weighted by Crippen LogP contribution is -2.20. The van der Waals surface area contributed by atoms with Crippen LogP contribution in [-0.2, 0) is 0 Å². The lowest BCUT2D eigenvalue weighted by molar-refractivity contribution is 0.224. The van der Waals surface area contributed by atoms with Gasteiger partial charge in [0.15, 0.2) is 0 Å². The Bertz CT molecular complexity index is 1230. The monoisotopic (exact) mass is 419 g/mol. The van der Waals surface area contributed by atoms with E-state index in [0.717, 1.165) is 5.69 Å². The quantitative estimate of drug-likeness (QED) is 0.323. The molecule has 1 heteroatoms. The van der Waals surface area contributed by atoms with Crippen LogP contribution in [0.4, 0.5) is 0 Å². The van der Waals surface area contributed by atoms with Gasteiger partial charge in [-0.2, -0.15) is 0 Å². The van der Waals surface area contributed by atoms with Gasteiger partial charge in [-0.1, -0.05) is 74.5 Å². The number of hydrogen-bond donors (Lipinski definition) is 0. The molecule has 0 spiro atoms. The van der Waals surface area contributed by atoms with Crippen LogP contribution in [0, 0.1) is 19.3 Å². The maximum atomic E-state index is 4.78. The predicted octanol–water partition coefficient (Wildman–Crippen LogP) is 8.87. The summed E-state index contributed by atoms with van der Waals surface area (Å²) in [5, 5.41) is 2.54. The van der Waals surface area contributed by atoms with Gasteiger partial charge < -0.3 is 0 Å². The summed E-state index contributed by atoms with van der Waals surface area (Å²) in [5.41, 5.74) is 9.50. The zero-order chi connectivity index (χ0) is 22.3. The Morgan fingerprint density at radius 1 is 0.781 bits per heavy atom. The molecule has 0 atom stereocenters. The molecule has 0 aliphatic heterocycles. The van der Waals surface area contributed by atoms with E-state index >= 15 is 0 Å². The summed E-state index contributed by atoms with van der Waals surface area (Å²) in [5.74, 6) is 0.695. The molecular weight excluding hydrogens is 386 g/mol. The van der Waals surface area contributed by atoms with Crippen LogP contribution >= 0.6 is 0 Å². The molecule has 4 aromatic rings. The van der Waals surface area contributed by atoms with Gasteiger partial charge in [0.05, 0.1) is 5.69 Å². The van der Waals surface area contributed by atoms with Crippen molar-refractivity contribution in [2.24, 2.45) is 5.41 Å². The van der Waals surface area contributed by atoms with Crippen molar-refractivity contribution in [3.05, 3.63) is 89.6 Å². The van der Waals surface area contributed by atoms with Crippen molar-refractivity contribution in [3.63, 3.8) is 0 Å². The van der Waals surface area contributed by atoms with Crippen molar-refractivity contribution < 1.29 is 0 Å². The van der Waals surface area contributed by atoms with Crippen LogP contribution in [-0.4, -0.2) is 4.98 Å². The van der Waals surface area contributed by atoms with Gasteiger partial charge in [0.1, 0.15) is 0 Å². The molecule has 0 radical (unpaired) electrons. The van der Waals surface area contributed by atoms with Crippen molar-refractivity contribution in [1.29, 1.82) is 0 Å². The van der Waals surface area contributed by atoms with Crippen LogP contribution in [0.2, 0.25) is 0 Å². The first-order valence-electron chi connectivity index (χ1n) is 12.0. The van der Waals surface area contributed by atoms with E-state index in [4.69, 9.17) is 4.98 Å². The van der Waals surface area contributed by atoms with E-state index in [0.29, 0.717) is 11.3 Å². The number of benzene rings is 3. The molecule has 0 N–H and O–H groups in total. The number of fused-ring (bicyclic) bond motifs is 1.